The van der Waals surface area contributed by atoms with Gasteiger partial charge in [-0.15, -0.1) is 11.8 Å². The Morgan fingerprint density at radius 1 is 1.24 bits per heavy atom. The zero-order chi connectivity index (χ0) is 20.2. The average molecular weight is 412 g/mol. The second-order valence-corrected chi connectivity index (χ2v) is 8.58. The molecule has 1 aliphatic rings. The zero-order valence-electron chi connectivity index (χ0n) is 16.1. The number of amides is 1. The Bertz CT molecular complexity index is 979. The Kier molecular flexibility index (Phi) is 5.94. The van der Waals surface area contributed by atoms with Gasteiger partial charge in [0.1, 0.15) is 5.82 Å². The highest BCUT2D eigenvalue weighted by Gasteiger charge is 2.31. The average Bonchev–Trinajstić information content (AvgIpc) is 3.24. The summed E-state index contributed by atoms with van der Waals surface area (Å²) in [5.41, 5.74) is 0.580. The number of likely N-dealkylation sites (tertiary alicyclic amines) is 1. The van der Waals surface area contributed by atoms with E-state index >= 15 is 0 Å². The largest absolute Gasteiger partial charge is 0.341 e. The molecule has 2 aromatic carbocycles. The summed E-state index contributed by atoms with van der Waals surface area (Å²) in [5.74, 6) is 0.652. The Labute approximate surface area is 173 Å². The number of hydrogen-bond acceptors (Lipinski definition) is 5. The predicted molar refractivity (Wildman–Crippen MR) is 110 cm³/mol. The molecule has 29 heavy (non-hydrogen) atoms. The fourth-order valence-electron chi connectivity index (χ4n) is 3.54. The van der Waals surface area contributed by atoms with E-state index in [1.54, 1.807) is 23.9 Å². The maximum atomic E-state index is 13.5. The molecular formula is C22H22FN3O2S. The molecule has 0 N–H and O–H groups in total. The summed E-state index contributed by atoms with van der Waals surface area (Å²) in [6, 6.07) is 16.1. The molecule has 5 nitrogen and oxygen atoms in total. The van der Waals surface area contributed by atoms with Crippen molar-refractivity contribution in [3.8, 4) is 11.4 Å². The molecule has 4 rings (SSSR count). The molecule has 3 aromatic rings. The van der Waals surface area contributed by atoms with Crippen molar-refractivity contribution < 1.29 is 13.7 Å². The van der Waals surface area contributed by atoms with Crippen molar-refractivity contribution in [3.05, 3.63) is 66.3 Å². The van der Waals surface area contributed by atoms with Crippen LogP contribution in [0.4, 0.5) is 4.39 Å². The minimum atomic E-state index is -0.340. The third-order valence-corrected chi connectivity index (χ3v) is 6.11. The van der Waals surface area contributed by atoms with E-state index in [4.69, 9.17) is 4.52 Å². The van der Waals surface area contributed by atoms with Crippen LogP contribution in [-0.2, 0) is 4.79 Å². The number of aromatic nitrogens is 2. The van der Waals surface area contributed by atoms with Crippen LogP contribution in [0.2, 0.25) is 0 Å². The number of hydrogen-bond donors (Lipinski definition) is 0. The van der Waals surface area contributed by atoms with Gasteiger partial charge >= 0.3 is 0 Å². The summed E-state index contributed by atoms with van der Waals surface area (Å²) >= 11 is 1.57. The first kappa shape index (κ1) is 19.6. The SMILES string of the molecule is CC(Sc1ccccc1)C(=O)N1CCCC(c2nc(-c3cccc(F)c3)no2)C1. The quantitative estimate of drug-likeness (QED) is 0.567. The van der Waals surface area contributed by atoms with Crippen molar-refractivity contribution in [3.63, 3.8) is 0 Å². The van der Waals surface area contributed by atoms with Gasteiger partial charge < -0.3 is 9.42 Å². The summed E-state index contributed by atoms with van der Waals surface area (Å²) in [7, 11) is 0. The second kappa shape index (κ2) is 8.78. The van der Waals surface area contributed by atoms with Crippen molar-refractivity contribution in [1.82, 2.24) is 15.0 Å². The molecule has 2 unspecified atom stereocenters. The van der Waals surface area contributed by atoms with E-state index in [9.17, 15) is 9.18 Å². The van der Waals surface area contributed by atoms with Crippen LogP contribution < -0.4 is 0 Å². The number of carbonyl (C=O) groups excluding carboxylic acids is 1. The molecule has 7 heteroatoms. The molecule has 0 saturated carbocycles. The molecule has 150 valence electrons. The van der Waals surface area contributed by atoms with Gasteiger partial charge in [-0.2, -0.15) is 4.98 Å². The van der Waals surface area contributed by atoms with E-state index in [-0.39, 0.29) is 22.9 Å². The smallest absolute Gasteiger partial charge is 0.235 e. The van der Waals surface area contributed by atoms with Crippen molar-refractivity contribution in [2.45, 2.75) is 35.8 Å². The molecule has 2 atom stereocenters. The Morgan fingerprint density at radius 2 is 2.07 bits per heavy atom. The van der Waals surface area contributed by atoms with E-state index in [2.05, 4.69) is 10.1 Å². The lowest BCUT2D eigenvalue weighted by atomic mass is 9.97. The molecule has 0 spiro atoms. The number of thioether (sulfide) groups is 1. The van der Waals surface area contributed by atoms with Crippen LogP contribution in [0.1, 0.15) is 31.6 Å². The third kappa shape index (κ3) is 4.67. The lowest BCUT2D eigenvalue weighted by Gasteiger charge is -2.32. The topological polar surface area (TPSA) is 59.2 Å². The standard InChI is InChI=1S/C22H22FN3O2S/c1-15(29-19-10-3-2-4-11-19)22(27)26-12-6-8-17(14-26)21-24-20(25-28-21)16-7-5-9-18(23)13-16/h2-5,7,9-11,13,15,17H,6,8,12,14H2,1H3. The molecule has 1 fully saturated rings. The van der Waals surface area contributed by atoms with Gasteiger partial charge in [0.05, 0.1) is 11.2 Å². The molecule has 2 heterocycles. The van der Waals surface area contributed by atoms with Gasteiger partial charge in [0.2, 0.25) is 17.6 Å². The number of halogens is 1. The van der Waals surface area contributed by atoms with Crippen LogP contribution in [0.5, 0.6) is 0 Å². The third-order valence-electron chi connectivity index (χ3n) is 5.01. The van der Waals surface area contributed by atoms with Crippen LogP contribution in [0.15, 0.2) is 64.0 Å². The number of nitrogens with zero attached hydrogens (tertiary/aromatic N) is 3. The highest BCUT2D eigenvalue weighted by atomic mass is 32.2. The van der Waals surface area contributed by atoms with Gasteiger partial charge in [-0.1, -0.05) is 35.5 Å². The maximum Gasteiger partial charge on any atom is 0.235 e. The molecular weight excluding hydrogens is 389 g/mol. The van der Waals surface area contributed by atoms with Crippen molar-refractivity contribution in [2.24, 2.45) is 0 Å². The minimum Gasteiger partial charge on any atom is -0.341 e. The lowest BCUT2D eigenvalue weighted by Crippen LogP contribution is -2.42. The first-order valence-corrected chi connectivity index (χ1v) is 10.6. The van der Waals surface area contributed by atoms with Crippen LogP contribution >= 0.6 is 11.8 Å². The summed E-state index contributed by atoms with van der Waals surface area (Å²) in [6.45, 7) is 3.24. The molecule has 0 radical (unpaired) electrons. The minimum absolute atomic E-state index is 0.00330. The van der Waals surface area contributed by atoms with E-state index in [0.717, 1.165) is 24.3 Å². The number of benzene rings is 2. The highest BCUT2D eigenvalue weighted by Crippen LogP contribution is 2.30. The van der Waals surface area contributed by atoms with Gasteiger partial charge in [-0.25, -0.2) is 4.39 Å². The summed E-state index contributed by atoms with van der Waals surface area (Å²) in [6.07, 6.45) is 1.77. The monoisotopic (exact) mass is 411 g/mol. The summed E-state index contributed by atoms with van der Waals surface area (Å²) < 4.78 is 18.9. The number of piperidine rings is 1. The van der Waals surface area contributed by atoms with Gasteiger partial charge in [0.25, 0.3) is 0 Å². The number of carbonyl (C=O) groups is 1. The van der Waals surface area contributed by atoms with Crippen LogP contribution in [0.3, 0.4) is 0 Å². The first-order chi connectivity index (χ1) is 14.1. The fraction of sp³-hybridized carbons (Fsp3) is 0.318. The van der Waals surface area contributed by atoms with Crippen molar-refractivity contribution in [1.29, 1.82) is 0 Å². The molecule has 0 bridgehead atoms. The van der Waals surface area contributed by atoms with E-state index in [1.165, 1.54) is 12.1 Å². The van der Waals surface area contributed by atoms with E-state index in [1.807, 2.05) is 42.2 Å². The normalized spacial score (nSPS) is 17.9. The van der Waals surface area contributed by atoms with Gasteiger partial charge in [-0.05, 0) is 44.0 Å². The predicted octanol–water partition coefficient (Wildman–Crippen LogP) is 4.76. The zero-order valence-corrected chi connectivity index (χ0v) is 16.9. The first-order valence-electron chi connectivity index (χ1n) is 9.70. The fourth-order valence-corrected chi connectivity index (χ4v) is 4.51. The van der Waals surface area contributed by atoms with Crippen molar-refractivity contribution >= 4 is 17.7 Å². The summed E-state index contributed by atoms with van der Waals surface area (Å²) in [5, 5.41) is 3.84. The van der Waals surface area contributed by atoms with E-state index < -0.39 is 0 Å². The van der Waals surface area contributed by atoms with Crippen LogP contribution in [0.25, 0.3) is 11.4 Å². The van der Waals surface area contributed by atoms with Gasteiger partial charge in [-0.3, -0.25) is 4.79 Å². The number of rotatable bonds is 5. The van der Waals surface area contributed by atoms with Crippen molar-refractivity contribution in [2.75, 3.05) is 13.1 Å². The molecule has 0 aliphatic carbocycles. The Hall–Kier alpha value is -2.67. The Balaban J connectivity index is 1.42. The Morgan fingerprint density at radius 3 is 2.86 bits per heavy atom. The molecule has 1 aromatic heterocycles. The molecule has 1 saturated heterocycles. The van der Waals surface area contributed by atoms with E-state index in [0.29, 0.717) is 23.8 Å². The van der Waals surface area contributed by atoms with Gasteiger partial charge in [0.15, 0.2) is 0 Å². The maximum absolute atomic E-state index is 13.5. The van der Waals surface area contributed by atoms with Gasteiger partial charge in [0, 0.05) is 23.5 Å². The van der Waals surface area contributed by atoms with Crippen LogP contribution in [0, 0.1) is 5.82 Å². The highest BCUT2D eigenvalue weighted by molar-refractivity contribution is 8.00. The molecule has 1 amide bonds. The summed E-state index contributed by atoms with van der Waals surface area (Å²) in [4.78, 5) is 20.4. The second-order valence-electron chi connectivity index (χ2n) is 7.16. The lowest BCUT2D eigenvalue weighted by molar-refractivity contribution is -0.131. The molecule has 1 aliphatic heterocycles. The van der Waals surface area contributed by atoms with Crippen LogP contribution in [-0.4, -0.2) is 39.3 Å².